The van der Waals surface area contributed by atoms with Crippen LogP contribution < -0.4 is 5.06 Å². The summed E-state index contributed by atoms with van der Waals surface area (Å²) in [5, 5.41) is 12.8. The molecule has 2 amide bonds. The van der Waals surface area contributed by atoms with Crippen LogP contribution in [0.5, 0.6) is 0 Å². The first kappa shape index (κ1) is 20.8. The summed E-state index contributed by atoms with van der Waals surface area (Å²) >= 11 is 0. The lowest BCUT2D eigenvalue weighted by Gasteiger charge is -2.41. The number of nitrogens with zero attached hydrogens (tertiary/aromatic N) is 3. The predicted octanol–water partition coefficient (Wildman–Crippen LogP) is 5.31. The van der Waals surface area contributed by atoms with E-state index in [9.17, 15) is 27.6 Å². The van der Waals surface area contributed by atoms with Gasteiger partial charge < -0.3 is 15.2 Å². The van der Waals surface area contributed by atoms with Crippen LogP contribution in [-0.2, 0) is 12.6 Å². The molecule has 0 saturated heterocycles. The Morgan fingerprint density at radius 3 is 2.39 bits per heavy atom. The van der Waals surface area contributed by atoms with Crippen molar-refractivity contribution in [1.29, 1.82) is 0 Å². The monoisotopic (exact) mass is 430 g/mol. The molecule has 31 heavy (non-hydrogen) atoms. The number of hydrogen-bond acceptors (Lipinski definition) is 3. The molecule has 1 aliphatic rings. The number of fused-ring (bicyclic) bond motifs is 1. The third-order valence-electron chi connectivity index (χ3n) is 5.15. The Bertz CT molecular complexity index is 1090. The van der Waals surface area contributed by atoms with E-state index in [1.54, 1.807) is 6.07 Å². The van der Waals surface area contributed by atoms with E-state index in [1.165, 1.54) is 35.4 Å². The van der Waals surface area contributed by atoms with Gasteiger partial charge in [-0.3, -0.25) is 4.98 Å². The minimum Gasteiger partial charge on any atom is -0.750 e. The topological polar surface area (TPSA) is 59.5 Å². The van der Waals surface area contributed by atoms with E-state index in [1.807, 2.05) is 6.07 Å². The number of benzene rings is 2. The maximum Gasteiger partial charge on any atom is 0.416 e. The Balaban J connectivity index is 1.72. The summed E-state index contributed by atoms with van der Waals surface area (Å²) in [7, 11) is 0. The van der Waals surface area contributed by atoms with Gasteiger partial charge in [-0.1, -0.05) is 18.2 Å². The van der Waals surface area contributed by atoms with Crippen LogP contribution in [-0.4, -0.2) is 22.5 Å². The first-order valence-electron chi connectivity index (χ1n) is 9.40. The number of alkyl halides is 3. The van der Waals surface area contributed by atoms with E-state index >= 15 is 0 Å². The van der Waals surface area contributed by atoms with Crippen LogP contribution in [0.2, 0.25) is 0 Å². The molecule has 1 aliphatic heterocycles. The molecule has 4 rings (SSSR count). The summed E-state index contributed by atoms with van der Waals surface area (Å²) in [6, 6.07) is 10.7. The molecule has 5 nitrogen and oxygen atoms in total. The summed E-state index contributed by atoms with van der Waals surface area (Å²) in [4.78, 5) is 18.7. The van der Waals surface area contributed by atoms with Crippen LogP contribution in [0.15, 0.2) is 66.9 Å². The van der Waals surface area contributed by atoms with Crippen molar-refractivity contribution < 1.29 is 22.4 Å². The molecule has 2 aromatic carbocycles. The summed E-state index contributed by atoms with van der Waals surface area (Å²) in [5.41, 5.74) is 0.867. The van der Waals surface area contributed by atoms with Crippen molar-refractivity contribution in [1.82, 2.24) is 9.88 Å². The van der Waals surface area contributed by atoms with Crippen molar-refractivity contribution in [2.45, 2.75) is 18.6 Å². The van der Waals surface area contributed by atoms with Gasteiger partial charge in [-0.2, -0.15) is 13.2 Å². The van der Waals surface area contributed by atoms with Crippen LogP contribution in [0.3, 0.4) is 0 Å². The fraction of sp³-hybridized carbons (Fsp3) is 0.182. The van der Waals surface area contributed by atoms with Gasteiger partial charge in [-0.15, -0.1) is 0 Å². The standard InChI is InChI=1S/C22H16F4N3O2/c23-17-7-9-18(10-8-17)29(31)21(30)28-13-11-14-2-1-12-27-19(14)20(28)15-3-5-16(6-4-15)22(24,25)26/h1-10,12,20H,11,13H2/q-1. The average Bonchev–Trinajstić information content (AvgIpc) is 2.77. The molecule has 1 atom stereocenters. The Hall–Kier alpha value is -3.46. The van der Waals surface area contributed by atoms with Crippen LogP contribution in [0.25, 0.3) is 0 Å². The van der Waals surface area contributed by atoms with E-state index in [4.69, 9.17) is 0 Å². The normalized spacial score (nSPS) is 16.0. The molecular weight excluding hydrogens is 414 g/mol. The van der Waals surface area contributed by atoms with E-state index in [0.717, 1.165) is 29.8 Å². The molecule has 0 aliphatic carbocycles. The highest BCUT2D eigenvalue weighted by molar-refractivity contribution is 5.93. The third kappa shape index (κ3) is 4.09. The van der Waals surface area contributed by atoms with Crippen molar-refractivity contribution >= 4 is 11.7 Å². The van der Waals surface area contributed by atoms with Gasteiger partial charge in [-0.25, -0.2) is 9.18 Å². The zero-order chi connectivity index (χ0) is 22.2. The maximum atomic E-state index is 13.2. The molecule has 3 aromatic rings. The summed E-state index contributed by atoms with van der Waals surface area (Å²) < 4.78 is 52.1. The van der Waals surface area contributed by atoms with Crippen molar-refractivity contribution in [3.63, 3.8) is 0 Å². The van der Waals surface area contributed by atoms with Crippen molar-refractivity contribution in [2.75, 3.05) is 11.6 Å². The quantitative estimate of drug-likeness (QED) is 0.409. The highest BCUT2D eigenvalue weighted by Gasteiger charge is 2.35. The van der Waals surface area contributed by atoms with Gasteiger partial charge in [0.1, 0.15) is 11.9 Å². The molecule has 1 aromatic heterocycles. The number of aromatic nitrogens is 1. The Kier molecular flexibility index (Phi) is 5.36. The van der Waals surface area contributed by atoms with Crippen molar-refractivity contribution in [3.8, 4) is 0 Å². The number of anilines is 1. The number of carbonyl (C=O) groups is 1. The molecular formula is C22H16F4N3O2-. The van der Waals surface area contributed by atoms with Crippen molar-refractivity contribution in [2.24, 2.45) is 0 Å². The Labute approximate surface area is 175 Å². The van der Waals surface area contributed by atoms with Gasteiger partial charge in [-0.05, 0) is 60.0 Å². The van der Waals surface area contributed by atoms with Gasteiger partial charge in [0, 0.05) is 18.4 Å². The lowest BCUT2D eigenvalue weighted by Crippen LogP contribution is -2.46. The fourth-order valence-corrected chi connectivity index (χ4v) is 3.63. The molecule has 0 saturated carbocycles. The number of urea groups is 1. The van der Waals surface area contributed by atoms with E-state index in [2.05, 4.69) is 4.98 Å². The number of carbonyl (C=O) groups excluding carboxylic acids is 1. The maximum absolute atomic E-state index is 13.2. The lowest BCUT2D eigenvalue weighted by atomic mass is 9.92. The average molecular weight is 430 g/mol. The van der Waals surface area contributed by atoms with E-state index < -0.39 is 29.6 Å². The zero-order valence-corrected chi connectivity index (χ0v) is 16.0. The molecule has 9 heteroatoms. The fourth-order valence-electron chi connectivity index (χ4n) is 3.63. The number of rotatable bonds is 2. The van der Waals surface area contributed by atoms with Crippen LogP contribution in [0.1, 0.15) is 28.4 Å². The molecule has 0 N–H and O–H groups in total. The first-order chi connectivity index (χ1) is 14.8. The van der Waals surface area contributed by atoms with Crippen LogP contribution in [0.4, 0.5) is 28.0 Å². The molecule has 160 valence electrons. The number of pyridine rings is 1. The molecule has 2 heterocycles. The van der Waals surface area contributed by atoms with E-state index in [-0.39, 0.29) is 17.3 Å². The molecule has 0 bridgehead atoms. The number of amides is 2. The number of halogens is 4. The first-order valence-corrected chi connectivity index (χ1v) is 9.40. The molecule has 0 spiro atoms. The van der Waals surface area contributed by atoms with Crippen LogP contribution in [0, 0.1) is 11.0 Å². The van der Waals surface area contributed by atoms with Gasteiger partial charge in [0.2, 0.25) is 0 Å². The molecule has 1 unspecified atom stereocenters. The second-order valence-corrected chi connectivity index (χ2v) is 7.07. The molecule has 0 fully saturated rings. The summed E-state index contributed by atoms with van der Waals surface area (Å²) in [6.45, 7) is 0.170. The van der Waals surface area contributed by atoms with Gasteiger partial charge >= 0.3 is 12.2 Å². The van der Waals surface area contributed by atoms with Gasteiger partial charge in [0.25, 0.3) is 0 Å². The van der Waals surface area contributed by atoms with Gasteiger partial charge in [0.05, 0.1) is 11.3 Å². The predicted molar refractivity (Wildman–Crippen MR) is 106 cm³/mol. The van der Waals surface area contributed by atoms with Crippen LogP contribution >= 0.6 is 0 Å². The summed E-state index contributed by atoms with van der Waals surface area (Å²) in [6.07, 6.45) is -2.53. The highest BCUT2D eigenvalue weighted by atomic mass is 19.4. The summed E-state index contributed by atoms with van der Waals surface area (Å²) in [5.74, 6) is -0.552. The smallest absolute Gasteiger partial charge is 0.416 e. The Morgan fingerprint density at radius 2 is 1.74 bits per heavy atom. The number of hydroxylamine groups is 1. The minimum atomic E-state index is -4.49. The van der Waals surface area contributed by atoms with E-state index in [0.29, 0.717) is 17.7 Å². The minimum absolute atomic E-state index is 0.0515. The number of hydrogen-bond donors (Lipinski definition) is 0. The SMILES string of the molecule is O=C(N([O-])c1ccc(F)cc1)N1CCc2cccnc2C1c1ccc(C(F)(F)F)cc1. The second kappa shape index (κ2) is 7.99. The zero-order valence-electron chi connectivity index (χ0n) is 16.0. The Morgan fingerprint density at radius 1 is 1.06 bits per heavy atom. The third-order valence-corrected chi connectivity index (χ3v) is 5.15. The lowest BCUT2D eigenvalue weighted by molar-refractivity contribution is -0.137. The molecule has 0 radical (unpaired) electrons. The second-order valence-electron chi connectivity index (χ2n) is 7.07. The van der Waals surface area contributed by atoms with Crippen molar-refractivity contribution in [3.05, 3.63) is 100 Å². The largest absolute Gasteiger partial charge is 0.750 e. The van der Waals surface area contributed by atoms with Gasteiger partial charge in [0.15, 0.2) is 0 Å². The highest BCUT2D eigenvalue weighted by Crippen LogP contribution is 2.37.